The first-order valence-electron chi connectivity index (χ1n) is 7.51. The van der Waals surface area contributed by atoms with Crippen molar-refractivity contribution in [2.45, 2.75) is 51.4 Å². The predicted octanol–water partition coefficient (Wildman–Crippen LogP) is 3.36. The molecule has 0 bridgehead atoms. The molecule has 0 spiro atoms. The molecule has 0 aliphatic rings. The van der Waals surface area contributed by atoms with Gasteiger partial charge in [0.05, 0.1) is 0 Å². The summed E-state index contributed by atoms with van der Waals surface area (Å²) in [7, 11) is 0. The lowest BCUT2D eigenvalue weighted by Crippen LogP contribution is -1.99. The summed E-state index contributed by atoms with van der Waals surface area (Å²) in [6, 6.07) is 4.09. The molecule has 0 amide bonds. The van der Waals surface area contributed by atoms with Gasteiger partial charge in [0.2, 0.25) is 0 Å². The number of hydrogen-bond acceptors (Lipinski definition) is 3. The highest BCUT2D eigenvalue weighted by Gasteiger charge is 1.94. The van der Waals surface area contributed by atoms with Crippen LogP contribution in [0, 0.1) is 0 Å². The van der Waals surface area contributed by atoms with Crippen molar-refractivity contribution >= 4 is 0 Å². The smallest absolute Gasteiger partial charge is 0.0469 e. The van der Waals surface area contributed by atoms with Gasteiger partial charge in [0.15, 0.2) is 0 Å². The molecule has 0 unspecified atom stereocenters. The second-order valence-electron chi connectivity index (χ2n) is 4.92. The number of pyridine rings is 1. The Kier molecular flexibility index (Phi) is 10.3. The lowest BCUT2D eigenvalue weighted by molar-refractivity contribution is 0.127. The van der Waals surface area contributed by atoms with Crippen LogP contribution >= 0.6 is 0 Å². The van der Waals surface area contributed by atoms with Crippen molar-refractivity contribution in [1.29, 1.82) is 0 Å². The lowest BCUT2D eigenvalue weighted by atomic mass is 10.1. The van der Waals surface area contributed by atoms with E-state index in [1.54, 1.807) is 6.20 Å². The molecule has 3 heteroatoms. The molecule has 0 aromatic carbocycles. The van der Waals surface area contributed by atoms with Crippen LogP contribution in [0.4, 0.5) is 0 Å². The summed E-state index contributed by atoms with van der Waals surface area (Å²) in [6.07, 6.45) is 12.9. The van der Waals surface area contributed by atoms with Crippen LogP contribution in [-0.4, -0.2) is 29.9 Å². The Labute approximate surface area is 117 Å². The number of ether oxygens (including phenoxy) is 1. The standard InChI is InChI=1S/C16H27NO2/c18-12-5-3-1-2-4-6-13-19-14-8-10-16-9-7-11-17-15-16/h7,9,11,15,18H,1-6,8,10,12-14H2. The lowest BCUT2D eigenvalue weighted by Gasteiger charge is -2.04. The molecule has 0 radical (unpaired) electrons. The Balaban J connectivity index is 1.79. The average molecular weight is 265 g/mol. The molecule has 19 heavy (non-hydrogen) atoms. The number of aliphatic hydroxyl groups is 1. The SMILES string of the molecule is OCCCCCCCCOCCCc1cccnc1. The van der Waals surface area contributed by atoms with Crippen LogP contribution in [-0.2, 0) is 11.2 Å². The summed E-state index contributed by atoms with van der Waals surface area (Å²) in [5.41, 5.74) is 1.29. The molecule has 1 aromatic rings. The summed E-state index contributed by atoms with van der Waals surface area (Å²) in [4.78, 5) is 4.10. The first-order chi connectivity index (χ1) is 9.43. The number of aliphatic hydroxyl groups excluding tert-OH is 1. The Morgan fingerprint density at radius 3 is 2.42 bits per heavy atom. The Bertz CT molecular complexity index is 290. The second kappa shape index (κ2) is 12.1. The van der Waals surface area contributed by atoms with E-state index in [0.29, 0.717) is 6.61 Å². The van der Waals surface area contributed by atoms with Gasteiger partial charge in [-0.05, 0) is 37.3 Å². The number of aromatic nitrogens is 1. The van der Waals surface area contributed by atoms with Gasteiger partial charge in [0.1, 0.15) is 0 Å². The van der Waals surface area contributed by atoms with Crippen LogP contribution in [0.1, 0.15) is 50.5 Å². The van der Waals surface area contributed by atoms with Crippen LogP contribution in [0.15, 0.2) is 24.5 Å². The molecule has 3 nitrogen and oxygen atoms in total. The number of aryl methyl sites for hydroxylation is 1. The number of hydrogen-bond donors (Lipinski definition) is 1. The monoisotopic (exact) mass is 265 g/mol. The third-order valence-electron chi connectivity index (χ3n) is 3.17. The highest BCUT2D eigenvalue weighted by molar-refractivity contribution is 5.08. The van der Waals surface area contributed by atoms with Crippen molar-refractivity contribution in [1.82, 2.24) is 4.98 Å². The van der Waals surface area contributed by atoms with Gasteiger partial charge in [-0.1, -0.05) is 31.7 Å². The molecule has 108 valence electrons. The molecule has 0 saturated heterocycles. The summed E-state index contributed by atoms with van der Waals surface area (Å²) in [5, 5.41) is 8.65. The van der Waals surface area contributed by atoms with E-state index >= 15 is 0 Å². The Hall–Kier alpha value is -0.930. The van der Waals surface area contributed by atoms with Gasteiger partial charge >= 0.3 is 0 Å². The van der Waals surface area contributed by atoms with Crippen molar-refractivity contribution < 1.29 is 9.84 Å². The molecular weight excluding hydrogens is 238 g/mol. The van der Waals surface area contributed by atoms with Crippen molar-refractivity contribution in [2.75, 3.05) is 19.8 Å². The highest BCUT2D eigenvalue weighted by Crippen LogP contribution is 2.05. The molecular formula is C16H27NO2. The maximum Gasteiger partial charge on any atom is 0.0469 e. The van der Waals surface area contributed by atoms with Gasteiger partial charge in [-0.3, -0.25) is 4.98 Å². The molecule has 0 aliphatic carbocycles. The van der Waals surface area contributed by atoms with E-state index in [1.807, 2.05) is 12.3 Å². The minimum Gasteiger partial charge on any atom is -0.396 e. The molecule has 1 aromatic heterocycles. The van der Waals surface area contributed by atoms with Crippen LogP contribution < -0.4 is 0 Å². The second-order valence-corrected chi connectivity index (χ2v) is 4.92. The molecule has 1 heterocycles. The molecule has 0 fully saturated rings. The zero-order chi connectivity index (χ0) is 13.6. The number of nitrogens with zero attached hydrogens (tertiary/aromatic N) is 1. The van der Waals surface area contributed by atoms with Crippen LogP contribution in [0.2, 0.25) is 0 Å². The van der Waals surface area contributed by atoms with E-state index in [9.17, 15) is 0 Å². The zero-order valence-electron chi connectivity index (χ0n) is 11.9. The normalized spacial score (nSPS) is 10.8. The van der Waals surface area contributed by atoms with Crippen LogP contribution in [0.3, 0.4) is 0 Å². The van der Waals surface area contributed by atoms with E-state index in [-0.39, 0.29) is 0 Å². The number of unbranched alkanes of at least 4 members (excludes halogenated alkanes) is 5. The quantitative estimate of drug-likeness (QED) is 0.589. The van der Waals surface area contributed by atoms with Gasteiger partial charge < -0.3 is 9.84 Å². The zero-order valence-corrected chi connectivity index (χ0v) is 11.9. The van der Waals surface area contributed by atoms with Gasteiger partial charge in [-0.25, -0.2) is 0 Å². The van der Waals surface area contributed by atoms with Crippen molar-refractivity contribution in [3.8, 4) is 0 Å². The first kappa shape index (κ1) is 16.1. The van der Waals surface area contributed by atoms with E-state index in [2.05, 4.69) is 11.1 Å². The Morgan fingerprint density at radius 1 is 0.947 bits per heavy atom. The third kappa shape index (κ3) is 9.62. The summed E-state index contributed by atoms with van der Waals surface area (Å²) in [6.45, 7) is 2.06. The van der Waals surface area contributed by atoms with Gasteiger partial charge in [0, 0.05) is 32.2 Å². The highest BCUT2D eigenvalue weighted by atomic mass is 16.5. The fourth-order valence-corrected chi connectivity index (χ4v) is 2.05. The minimum absolute atomic E-state index is 0.333. The molecule has 0 atom stereocenters. The largest absolute Gasteiger partial charge is 0.396 e. The van der Waals surface area contributed by atoms with Crippen molar-refractivity contribution in [3.63, 3.8) is 0 Å². The molecule has 1 N–H and O–H groups in total. The van der Waals surface area contributed by atoms with Crippen molar-refractivity contribution in [2.24, 2.45) is 0 Å². The molecule has 0 aliphatic heterocycles. The van der Waals surface area contributed by atoms with Gasteiger partial charge in [-0.15, -0.1) is 0 Å². The third-order valence-corrected chi connectivity index (χ3v) is 3.17. The average Bonchev–Trinajstić information content (AvgIpc) is 2.46. The van der Waals surface area contributed by atoms with Crippen LogP contribution in [0.5, 0.6) is 0 Å². The minimum atomic E-state index is 0.333. The fourth-order valence-electron chi connectivity index (χ4n) is 2.05. The van der Waals surface area contributed by atoms with Gasteiger partial charge in [0.25, 0.3) is 0 Å². The van der Waals surface area contributed by atoms with Crippen molar-refractivity contribution in [3.05, 3.63) is 30.1 Å². The maximum atomic E-state index is 8.65. The summed E-state index contributed by atoms with van der Waals surface area (Å²) < 4.78 is 5.62. The van der Waals surface area contributed by atoms with E-state index in [0.717, 1.165) is 45.3 Å². The topological polar surface area (TPSA) is 42.4 Å². The summed E-state index contributed by atoms with van der Waals surface area (Å²) in [5.74, 6) is 0. The molecule has 0 saturated carbocycles. The Morgan fingerprint density at radius 2 is 1.68 bits per heavy atom. The van der Waals surface area contributed by atoms with E-state index in [1.165, 1.54) is 24.8 Å². The first-order valence-corrected chi connectivity index (χ1v) is 7.51. The van der Waals surface area contributed by atoms with Crippen LogP contribution in [0.25, 0.3) is 0 Å². The van der Waals surface area contributed by atoms with E-state index in [4.69, 9.17) is 9.84 Å². The number of rotatable bonds is 12. The summed E-state index contributed by atoms with van der Waals surface area (Å²) >= 11 is 0. The fraction of sp³-hybridized carbons (Fsp3) is 0.688. The molecule has 1 rings (SSSR count). The maximum absolute atomic E-state index is 8.65. The predicted molar refractivity (Wildman–Crippen MR) is 78.2 cm³/mol. The van der Waals surface area contributed by atoms with E-state index < -0.39 is 0 Å². The van der Waals surface area contributed by atoms with Gasteiger partial charge in [-0.2, -0.15) is 0 Å².